The van der Waals surface area contributed by atoms with Crippen molar-refractivity contribution < 1.29 is 0 Å². The molecule has 0 aromatic carbocycles. The van der Waals surface area contributed by atoms with Crippen LogP contribution in [0.5, 0.6) is 0 Å². The van der Waals surface area contributed by atoms with Crippen molar-refractivity contribution in [1.82, 2.24) is 10.2 Å². The lowest BCUT2D eigenvalue weighted by molar-refractivity contribution is 0.216. The molecule has 1 aliphatic carbocycles. The van der Waals surface area contributed by atoms with Crippen molar-refractivity contribution in [3.63, 3.8) is 0 Å². The number of likely N-dealkylation sites (tertiary alicyclic amines) is 1. The molecule has 56 valence electrons. The highest BCUT2D eigenvalue weighted by atomic mass is 15.3. The molecule has 10 heavy (non-hydrogen) atoms. The zero-order chi connectivity index (χ0) is 6.55. The average molecular weight is 138 g/mol. The molecular formula is C8H14N2. The van der Waals surface area contributed by atoms with Crippen LogP contribution < -0.4 is 5.32 Å². The summed E-state index contributed by atoms with van der Waals surface area (Å²) < 4.78 is 0. The van der Waals surface area contributed by atoms with Gasteiger partial charge in [-0.15, -0.1) is 0 Å². The lowest BCUT2D eigenvalue weighted by Gasteiger charge is -2.26. The minimum atomic E-state index is 0.852. The standard InChI is InChI=1S/C8H14N2/c1-2-7(1)10-5-6-3-8(10)4-9-6/h6-9H,1-5H2/t6-,8+/m1/s1. The van der Waals surface area contributed by atoms with Gasteiger partial charge in [0, 0.05) is 31.2 Å². The average Bonchev–Trinajstić information content (AvgIpc) is 2.60. The molecule has 2 heterocycles. The molecule has 3 fully saturated rings. The first-order valence-electron chi connectivity index (χ1n) is 4.42. The summed E-state index contributed by atoms with van der Waals surface area (Å²) in [6, 6.07) is 2.76. The highest BCUT2D eigenvalue weighted by Gasteiger charge is 2.43. The fourth-order valence-electron chi connectivity index (χ4n) is 2.45. The van der Waals surface area contributed by atoms with E-state index < -0.39 is 0 Å². The van der Waals surface area contributed by atoms with E-state index in [0.717, 1.165) is 18.1 Å². The molecule has 2 saturated heterocycles. The Bertz CT molecular complexity index is 153. The van der Waals surface area contributed by atoms with E-state index in [0.29, 0.717) is 0 Å². The Hall–Kier alpha value is -0.0800. The molecule has 2 bridgehead atoms. The van der Waals surface area contributed by atoms with Gasteiger partial charge in [-0.25, -0.2) is 0 Å². The predicted molar refractivity (Wildman–Crippen MR) is 39.9 cm³/mol. The van der Waals surface area contributed by atoms with Gasteiger partial charge in [-0.3, -0.25) is 4.90 Å². The third-order valence-corrected chi connectivity index (χ3v) is 3.11. The fourth-order valence-corrected chi connectivity index (χ4v) is 2.45. The van der Waals surface area contributed by atoms with Gasteiger partial charge in [0.1, 0.15) is 0 Å². The summed E-state index contributed by atoms with van der Waals surface area (Å²) in [6.07, 6.45) is 4.38. The van der Waals surface area contributed by atoms with E-state index in [1.54, 1.807) is 0 Å². The molecule has 2 aliphatic heterocycles. The van der Waals surface area contributed by atoms with Gasteiger partial charge in [0.25, 0.3) is 0 Å². The van der Waals surface area contributed by atoms with Crippen molar-refractivity contribution in [3.8, 4) is 0 Å². The van der Waals surface area contributed by atoms with Crippen LogP contribution in [0.4, 0.5) is 0 Å². The molecule has 0 aromatic heterocycles. The quantitative estimate of drug-likeness (QED) is 0.556. The SMILES string of the molecule is C1CC1N1C[C@H]2C[C@H]1CN2. The molecule has 1 saturated carbocycles. The van der Waals surface area contributed by atoms with Gasteiger partial charge >= 0.3 is 0 Å². The molecule has 0 amide bonds. The molecule has 0 spiro atoms. The Balaban J connectivity index is 1.77. The third kappa shape index (κ3) is 0.663. The van der Waals surface area contributed by atoms with Gasteiger partial charge in [0.2, 0.25) is 0 Å². The second-order valence-corrected chi connectivity index (χ2v) is 3.92. The molecule has 3 aliphatic rings. The molecule has 0 unspecified atom stereocenters. The van der Waals surface area contributed by atoms with E-state index in [2.05, 4.69) is 10.2 Å². The Morgan fingerprint density at radius 3 is 2.60 bits per heavy atom. The van der Waals surface area contributed by atoms with Crippen LogP contribution in [0.3, 0.4) is 0 Å². The zero-order valence-corrected chi connectivity index (χ0v) is 6.21. The minimum absolute atomic E-state index is 0.852. The van der Waals surface area contributed by atoms with E-state index >= 15 is 0 Å². The molecule has 0 aromatic rings. The van der Waals surface area contributed by atoms with Crippen molar-refractivity contribution in [3.05, 3.63) is 0 Å². The Morgan fingerprint density at radius 1 is 1.20 bits per heavy atom. The van der Waals surface area contributed by atoms with Crippen molar-refractivity contribution in [2.45, 2.75) is 37.4 Å². The molecular weight excluding hydrogens is 124 g/mol. The maximum atomic E-state index is 3.53. The molecule has 3 rings (SSSR count). The highest BCUT2D eigenvalue weighted by molar-refractivity contribution is 5.02. The first-order chi connectivity index (χ1) is 4.93. The summed E-state index contributed by atoms with van der Waals surface area (Å²) in [5.41, 5.74) is 0. The number of piperazine rings is 1. The van der Waals surface area contributed by atoms with Crippen molar-refractivity contribution >= 4 is 0 Å². The van der Waals surface area contributed by atoms with E-state index in [-0.39, 0.29) is 0 Å². The molecule has 2 nitrogen and oxygen atoms in total. The first kappa shape index (κ1) is 5.56. The maximum absolute atomic E-state index is 3.53. The molecule has 2 atom stereocenters. The Morgan fingerprint density at radius 2 is 2.10 bits per heavy atom. The highest BCUT2D eigenvalue weighted by Crippen LogP contribution is 2.35. The fraction of sp³-hybridized carbons (Fsp3) is 1.00. The largest absolute Gasteiger partial charge is 0.311 e. The van der Waals surface area contributed by atoms with Crippen LogP contribution in [0.1, 0.15) is 19.3 Å². The molecule has 2 heteroatoms. The normalized spacial score (nSPS) is 46.8. The predicted octanol–water partition coefficient (Wildman–Crippen LogP) is 0.195. The summed E-state index contributed by atoms with van der Waals surface area (Å²) >= 11 is 0. The number of hydrogen-bond acceptors (Lipinski definition) is 2. The second kappa shape index (κ2) is 1.74. The topological polar surface area (TPSA) is 15.3 Å². The van der Waals surface area contributed by atoms with Crippen LogP contribution in [-0.2, 0) is 0 Å². The Kier molecular flexibility index (Phi) is 0.968. The van der Waals surface area contributed by atoms with Crippen LogP contribution in [0, 0.1) is 0 Å². The van der Waals surface area contributed by atoms with Gasteiger partial charge in [0.15, 0.2) is 0 Å². The summed E-state index contributed by atoms with van der Waals surface area (Å²) in [4.78, 5) is 2.72. The number of hydrogen-bond donors (Lipinski definition) is 1. The number of fused-ring (bicyclic) bond motifs is 2. The van der Waals surface area contributed by atoms with Gasteiger partial charge < -0.3 is 5.32 Å². The summed E-state index contributed by atoms with van der Waals surface area (Å²) in [7, 11) is 0. The van der Waals surface area contributed by atoms with Gasteiger partial charge in [-0.1, -0.05) is 0 Å². The smallest absolute Gasteiger partial charge is 0.0239 e. The number of nitrogens with zero attached hydrogens (tertiary/aromatic N) is 1. The zero-order valence-electron chi connectivity index (χ0n) is 6.21. The van der Waals surface area contributed by atoms with E-state index in [1.165, 1.54) is 32.4 Å². The van der Waals surface area contributed by atoms with E-state index in [9.17, 15) is 0 Å². The van der Waals surface area contributed by atoms with Gasteiger partial charge in [-0.2, -0.15) is 0 Å². The first-order valence-corrected chi connectivity index (χ1v) is 4.42. The molecule has 0 radical (unpaired) electrons. The van der Waals surface area contributed by atoms with Crippen LogP contribution in [0.25, 0.3) is 0 Å². The lowest BCUT2D eigenvalue weighted by atomic mass is 10.2. The second-order valence-electron chi connectivity index (χ2n) is 3.92. The van der Waals surface area contributed by atoms with Crippen LogP contribution in [0.15, 0.2) is 0 Å². The summed E-state index contributed by atoms with van der Waals surface area (Å²) in [6.45, 7) is 2.61. The van der Waals surface area contributed by atoms with Crippen molar-refractivity contribution in [2.75, 3.05) is 13.1 Å². The maximum Gasteiger partial charge on any atom is 0.0239 e. The number of nitrogens with one attached hydrogen (secondary N) is 1. The number of rotatable bonds is 1. The van der Waals surface area contributed by atoms with Gasteiger partial charge in [0.05, 0.1) is 0 Å². The van der Waals surface area contributed by atoms with Crippen molar-refractivity contribution in [2.24, 2.45) is 0 Å². The van der Waals surface area contributed by atoms with E-state index in [4.69, 9.17) is 0 Å². The van der Waals surface area contributed by atoms with Gasteiger partial charge in [-0.05, 0) is 19.3 Å². The van der Waals surface area contributed by atoms with E-state index in [1.807, 2.05) is 0 Å². The van der Waals surface area contributed by atoms with Crippen LogP contribution in [-0.4, -0.2) is 36.1 Å². The Labute approximate surface area is 61.6 Å². The minimum Gasteiger partial charge on any atom is -0.311 e. The molecule has 1 N–H and O–H groups in total. The van der Waals surface area contributed by atoms with Crippen molar-refractivity contribution in [1.29, 1.82) is 0 Å². The lowest BCUT2D eigenvalue weighted by Crippen LogP contribution is -2.44. The summed E-state index contributed by atoms with van der Waals surface area (Å²) in [5, 5.41) is 3.53. The third-order valence-electron chi connectivity index (χ3n) is 3.11. The van der Waals surface area contributed by atoms with Crippen LogP contribution >= 0.6 is 0 Å². The summed E-state index contributed by atoms with van der Waals surface area (Å²) in [5.74, 6) is 0. The monoisotopic (exact) mass is 138 g/mol. The van der Waals surface area contributed by atoms with Crippen LogP contribution in [0.2, 0.25) is 0 Å².